The van der Waals surface area contributed by atoms with Gasteiger partial charge in [-0.15, -0.1) is 0 Å². The molecular formula is C74H88ClFN6O16. The van der Waals surface area contributed by atoms with Crippen LogP contribution in [0.4, 0.5) is 4.39 Å². The number of carbonyl (C=O) groups is 11. The number of aliphatic hydroxyl groups is 2. The summed E-state index contributed by atoms with van der Waals surface area (Å²) in [4.78, 5) is 151. The van der Waals surface area contributed by atoms with Gasteiger partial charge in [0.1, 0.15) is 41.5 Å². The van der Waals surface area contributed by atoms with Crippen LogP contribution in [0.5, 0.6) is 0 Å². The molecule has 0 heterocycles. The topological polar surface area (TPSA) is 356 Å². The monoisotopic (exact) mass is 1370 g/mol. The summed E-state index contributed by atoms with van der Waals surface area (Å²) < 4.78 is 33.3. The van der Waals surface area contributed by atoms with Crippen LogP contribution in [-0.2, 0) is 57.4 Å². The average molecular weight is 1370 g/mol. The first-order valence-electron chi connectivity index (χ1n) is 33.2. The fourth-order valence-electron chi connectivity index (χ4n) is 15.1. The van der Waals surface area contributed by atoms with Crippen molar-refractivity contribution in [2.75, 3.05) is 6.54 Å². The van der Waals surface area contributed by atoms with Crippen molar-refractivity contribution in [3.8, 4) is 0 Å². The van der Waals surface area contributed by atoms with Crippen LogP contribution in [0.15, 0.2) is 126 Å². The van der Waals surface area contributed by atoms with E-state index >= 15 is 9.59 Å². The Bertz CT molecular complexity index is 3740. The Kier molecular flexibility index (Phi) is 24.2. The number of hydrogen-bond acceptors (Lipinski definition) is 16. The van der Waals surface area contributed by atoms with Gasteiger partial charge in [0.2, 0.25) is 35.6 Å². The number of carbonyl (C=O) groups excluding carboxylic acids is 11. The summed E-state index contributed by atoms with van der Waals surface area (Å²) in [5, 5.41) is 36.9. The van der Waals surface area contributed by atoms with Crippen molar-refractivity contribution in [2.45, 2.75) is 174 Å². The van der Waals surface area contributed by atoms with E-state index in [0.29, 0.717) is 29.6 Å². The maximum Gasteiger partial charge on any atom is 0.350 e. The first kappa shape index (κ1) is 74.9. The molecule has 3 fully saturated rings. The molecule has 14 atom stereocenters. The van der Waals surface area contributed by atoms with Gasteiger partial charge in [-0.05, 0) is 136 Å². The Morgan fingerprint density at radius 2 is 1.43 bits per heavy atom. The van der Waals surface area contributed by atoms with Crippen LogP contribution in [0.1, 0.15) is 163 Å². The van der Waals surface area contributed by atoms with Gasteiger partial charge < -0.3 is 57.2 Å². The highest BCUT2D eigenvalue weighted by atomic mass is 35.5. The third kappa shape index (κ3) is 16.6. The summed E-state index contributed by atoms with van der Waals surface area (Å²) in [7, 11) is 0. The van der Waals surface area contributed by atoms with Gasteiger partial charge in [-0.1, -0.05) is 112 Å². The van der Waals surface area contributed by atoms with Crippen LogP contribution in [0, 0.1) is 45.7 Å². The number of unbranched alkanes of at least 4 members (excludes halogenated alkanes) is 1. The molecule has 0 aromatic heterocycles. The van der Waals surface area contributed by atoms with Gasteiger partial charge in [0.25, 0.3) is 5.91 Å². The third-order valence-electron chi connectivity index (χ3n) is 20.9. The molecule has 2 bridgehead atoms. The van der Waals surface area contributed by atoms with E-state index in [9.17, 15) is 57.8 Å². The molecular weight excluding hydrogens is 1280 g/mol. The smallest absolute Gasteiger partial charge is 0.350 e. The van der Waals surface area contributed by atoms with E-state index in [4.69, 9.17) is 37.3 Å². The number of hydrogen-bond donors (Lipinski definition) is 8. The molecule has 8 rings (SSSR count). The van der Waals surface area contributed by atoms with E-state index < -0.39 is 173 Å². The lowest BCUT2D eigenvalue weighted by atomic mass is 9.37. The van der Waals surface area contributed by atoms with Crippen LogP contribution in [0.2, 0.25) is 5.02 Å². The van der Waals surface area contributed by atoms with Crippen LogP contribution < -0.4 is 32.7 Å². The summed E-state index contributed by atoms with van der Waals surface area (Å²) in [6.07, 6.45) is -3.84. The summed E-state index contributed by atoms with van der Waals surface area (Å²) in [5.41, 5.74) is 7.07. The normalized spacial score (nSPS) is 25.3. The van der Waals surface area contributed by atoms with E-state index in [1.165, 1.54) is 25.1 Å². The Hall–Kier alpha value is -8.93. The number of esters is 3. The number of amides is 6. The molecule has 22 nitrogen and oxygen atoms in total. The van der Waals surface area contributed by atoms with Gasteiger partial charge >= 0.3 is 17.9 Å². The zero-order valence-electron chi connectivity index (χ0n) is 56.1. The molecule has 0 radical (unpaired) electrons. The Morgan fingerprint density at radius 3 is 2.04 bits per heavy atom. The molecule has 4 aromatic rings. The lowest BCUT2D eigenvalue weighted by Crippen LogP contribution is -2.74. The molecule has 98 heavy (non-hydrogen) atoms. The molecule has 0 saturated heterocycles. The third-order valence-corrected chi connectivity index (χ3v) is 21.1. The second kappa shape index (κ2) is 31.7. The zero-order valence-corrected chi connectivity index (χ0v) is 56.9. The van der Waals surface area contributed by atoms with Gasteiger partial charge in [0.15, 0.2) is 5.78 Å². The Labute approximate surface area is 574 Å². The predicted molar refractivity (Wildman–Crippen MR) is 359 cm³/mol. The quantitative estimate of drug-likeness (QED) is 0.00853. The first-order chi connectivity index (χ1) is 46.3. The Morgan fingerprint density at radius 1 is 0.786 bits per heavy atom. The van der Waals surface area contributed by atoms with Gasteiger partial charge in [0, 0.05) is 77.6 Å². The van der Waals surface area contributed by atoms with Crippen molar-refractivity contribution in [2.24, 2.45) is 51.4 Å². The standard InChI is InChI=1S/C74H88ClFN6O16/c1-41-54(40-74(95)65(98-69(93)47-23-15-10-16-24-47)63-72(6)35-34-49(72)38-55(84)73(63,7)64(89)42(2)60(41)71(74,4)5)96-70(94)62(61(45-19-11-8-12-20-45)82-68(92)46-21-13-9-14-22-46)97-59(88)33-32-56(85)79-36-18-17-25-52(67(78)91)81-58(87)31-28-48(66(77)90)37-53(83)43(3)80-57(86)30-27-44-26-29-50(75)39-51(44)76/h8-16,19-24,26-27,29-30,39,42-43,48-49,52,54-55,61-63,65,84,95H,17-18,25,28,31-38,40H2,1-7H3,(H2,77,90)(H2,78,91)(H,79,85)(H,80,86)(H,81,87)(H,82,92)/b30-27+/t42-,43?,48-,49-,52?,54+,55+,61-,62-,63-,65+,72-,73-,74-/m1/s1. The van der Waals surface area contributed by atoms with E-state index in [0.717, 1.165) is 18.6 Å². The van der Waals surface area contributed by atoms with Crippen molar-refractivity contribution in [1.82, 2.24) is 21.3 Å². The largest absolute Gasteiger partial charge is 0.455 e. The average Bonchev–Trinajstić information content (AvgIpc) is 0.674. The highest BCUT2D eigenvalue weighted by Crippen LogP contribution is 2.70. The number of fused-ring (bicyclic) bond motifs is 5. The highest BCUT2D eigenvalue weighted by molar-refractivity contribution is 6.30. The summed E-state index contributed by atoms with van der Waals surface area (Å²) in [5.74, 6) is -12.1. The number of rotatable bonds is 29. The fourth-order valence-corrected chi connectivity index (χ4v) is 15.3. The molecule has 0 aliphatic heterocycles. The number of nitrogens with one attached hydrogen (secondary N) is 4. The second-order valence-corrected chi connectivity index (χ2v) is 27.8. The number of halogens is 2. The van der Waals surface area contributed by atoms with E-state index in [1.54, 1.807) is 126 Å². The minimum Gasteiger partial charge on any atom is -0.455 e. The fraction of sp³-hybridized carbons (Fsp3) is 0.473. The van der Waals surface area contributed by atoms with E-state index in [2.05, 4.69) is 21.3 Å². The lowest BCUT2D eigenvalue weighted by Gasteiger charge is -2.68. The van der Waals surface area contributed by atoms with Crippen molar-refractivity contribution in [3.63, 3.8) is 0 Å². The number of benzene rings is 4. The maximum absolute atomic E-state index is 15.6. The molecule has 2 unspecified atom stereocenters. The molecule has 4 aliphatic carbocycles. The molecule has 524 valence electrons. The lowest BCUT2D eigenvalue weighted by molar-refractivity contribution is -0.265. The van der Waals surface area contributed by atoms with Gasteiger partial charge in [-0.2, -0.15) is 0 Å². The van der Waals surface area contributed by atoms with Crippen LogP contribution in [0.3, 0.4) is 0 Å². The van der Waals surface area contributed by atoms with Crippen molar-refractivity contribution >= 4 is 82.6 Å². The van der Waals surface area contributed by atoms with Crippen molar-refractivity contribution in [3.05, 3.63) is 160 Å². The number of nitrogens with two attached hydrogens (primary N) is 2. The van der Waals surface area contributed by atoms with Crippen molar-refractivity contribution in [1.29, 1.82) is 0 Å². The number of primary amides is 2. The van der Waals surface area contributed by atoms with E-state index in [1.807, 2.05) is 6.92 Å². The van der Waals surface area contributed by atoms with Crippen LogP contribution in [-0.4, -0.2) is 124 Å². The van der Waals surface area contributed by atoms with Gasteiger partial charge in [0.05, 0.1) is 29.5 Å². The number of Topliss-reactive ketones (excluding diaryl/α,β-unsaturated/α-hetero) is 2. The molecule has 24 heteroatoms. The second-order valence-electron chi connectivity index (χ2n) is 27.4. The van der Waals surface area contributed by atoms with Crippen LogP contribution in [0.25, 0.3) is 6.08 Å². The highest BCUT2D eigenvalue weighted by Gasteiger charge is 2.74. The number of ketones is 2. The number of aliphatic hydroxyl groups excluding tert-OH is 1. The SMILES string of the molecule is CC1=C2[C@@H](C)C(=O)[C@@]3(C)[C@H]([C@H](OC(=O)c4ccccc4)[C@](O)(C[C@@H]1OC(=O)[C@H](OC(=O)CCC(=O)NCCCCC(NC(=O)CC[C@H](CC(=O)C(C)NC(=O)/C=C/c1ccc(Cl)cc1F)C(N)=O)C(N)=O)[C@H](NC(=O)c1ccccc1)c1ccccc1)C2(C)C)[C@]1(C)CC[C@@H]1C[C@@H]3O. The van der Waals surface area contributed by atoms with Crippen molar-refractivity contribution < 1.29 is 81.6 Å². The zero-order chi connectivity index (χ0) is 71.6. The first-order valence-corrected chi connectivity index (χ1v) is 33.5. The van der Waals surface area contributed by atoms with Gasteiger partial charge in [-0.3, -0.25) is 43.2 Å². The molecule has 10 N–H and O–H groups in total. The Balaban J connectivity index is 0.929. The minimum absolute atomic E-state index is 0.0378. The van der Waals surface area contributed by atoms with Crippen LogP contribution >= 0.6 is 11.6 Å². The summed E-state index contributed by atoms with van der Waals surface area (Å²) in [6, 6.07) is 24.7. The molecule has 0 spiro atoms. The molecule has 6 amide bonds. The summed E-state index contributed by atoms with van der Waals surface area (Å²) in [6.45, 7) is 12.1. The summed E-state index contributed by atoms with van der Waals surface area (Å²) >= 11 is 5.78. The molecule has 4 aliphatic rings. The van der Waals surface area contributed by atoms with Gasteiger partial charge in [-0.25, -0.2) is 14.0 Å². The molecule has 3 saturated carbocycles. The van der Waals surface area contributed by atoms with E-state index in [-0.39, 0.29) is 72.1 Å². The predicted octanol–water partition coefficient (Wildman–Crippen LogP) is 7.59. The number of ether oxygens (including phenoxy) is 3. The minimum atomic E-state index is -2.11. The maximum atomic E-state index is 15.6. The molecule has 4 aromatic carbocycles.